The van der Waals surface area contributed by atoms with Crippen LogP contribution in [0.25, 0.3) is 0 Å². The number of benzene rings is 3. The van der Waals surface area contributed by atoms with Gasteiger partial charge in [0.25, 0.3) is 0 Å². The third-order valence-electron chi connectivity index (χ3n) is 5.47. The van der Waals surface area contributed by atoms with E-state index in [0.29, 0.717) is 6.54 Å². The first-order valence-corrected chi connectivity index (χ1v) is 12.6. The molecule has 3 nitrogen and oxygen atoms in total. The highest BCUT2D eigenvalue weighted by Gasteiger charge is 2.44. The highest BCUT2D eigenvalue weighted by molar-refractivity contribution is 7.95. The molecule has 4 heteroatoms. The Hall–Kier alpha value is -2.64. The van der Waals surface area contributed by atoms with E-state index in [-0.39, 0.29) is 6.09 Å². The van der Waals surface area contributed by atoms with Gasteiger partial charge in [0.05, 0.1) is 13.3 Å². The van der Waals surface area contributed by atoms with Crippen LogP contribution in [0, 0.1) is 0 Å². The highest BCUT2D eigenvalue weighted by Crippen LogP contribution is 2.55. The van der Waals surface area contributed by atoms with E-state index in [1.165, 1.54) is 23.0 Å². The third-order valence-corrected chi connectivity index (χ3v) is 9.99. The van der Waals surface area contributed by atoms with E-state index < -0.39 is 7.26 Å². The van der Waals surface area contributed by atoms with Crippen LogP contribution in [-0.2, 0) is 4.74 Å². The number of amides is 1. The fraction of sp³-hybridized carbons (Fsp3) is 0.269. The minimum absolute atomic E-state index is 0.350. The van der Waals surface area contributed by atoms with E-state index in [9.17, 15) is 4.79 Å². The lowest BCUT2D eigenvalue weighted by atomic mass is 10.2. The average Bonchev–Trinajstić information content (AvgIpc) is 2.82. The molecule has 0 aliphatic carbocycles. The van der Waals surface area contributed by atoms with E-state index in [2.05, 4.69) is 101 Å². The number of carbonyl (C=O) groups excluding carboxylic acids is 1. The molecular formula is C26H31NO2P+. The normalized spacial score (nSPS) is 11.1. The van der Waals surface area contributed by atoms with Crippen molar-refractivity contribution in [3.63, 3.8) is 0 Å². The molecule has 0 aliphatic heterocycles. The number of rotatable bonds is 10. The second kappa shape index (κ2) is 11.5. The Morgan fingerprint density at radius 2 is 1.13 bits per heavy atom. The summed E-state index contributed by atoms with van der Waals surface area (Å²) in [5.74, 6) is 0. The van der Waals surface area contributed by atoms with Crippen LogP contribution in [0.15, 0.2) is 91.0 Å². The molecule has 0 atom stereocenters. The molecular weight excluding hydrogens is 389 g/mol. The number of alkyl carbamates (subject to hydrolysis) is 1. The van der Waals surface area contributed by atoms with Crippen LogP contribution in [0.2, 0.25) is 0 Å². The summed E-state index contributed by atoms with van der Waals surface area (Å²) in [6, 6.07) is 33.1. The highest BCUT2D eigenvalue weighted by atomic mass is 31.2. The molecule has 156 valence electrons. The molecule has 3 rings (SSSR count). The summed E-state index contributed by atoms with van der Waals surface area (Å²) < 4.78 is 4.62. The van der Waals surface area contributed by atoms with Gasteiger partial charge in [-0.3, -0.25) is 0 Å². The zero-order chi connectivity index (χ0) is 21.1. The zero-order valence-corrected chi connectivity index (χ0v) is 18.6. The van der Waals surface area contributed by atoms with Gasteiger partial charge in [-0.1, -0.05) is 61.0 Å². The van der Waals surface area contributed by atoms with Crippen LogP contribution in [0.3, 0.4) is 0 Å². The van der Waals surface area contributed by atoms with Gasteiger partial charge in [-0.05, 0) is 55.7 Å². The molecule has 0 unspecified atom stereocenters. The van der Waals surface area contributed by atoms with Crippen molar-refractivity contribution in [3.8, 4) is 0 Å². The molecule has 1 amide bonds. The van der Waals surface area contributed by atoms with Gasteiger partial charge in [0.2, 0.25) is 0 Å². The van der Waals surface area contributed by atoms with Gasteiger partial charge in [-0.2, -0.15) is 0 Å². The van der Waals surface area contributed by atoms with Gasteiger partial charge < -0.3 is 10.1 Å². The number of nitrogens with one attached hydrogen (secondary N) is 1. The first-order chi connectivity index (χ1) is 14.8. The number of methoxy groups -OCH3 is 1. The standard InChI is InChI=1S/C26H30NO2P/c1-29-26(28)27-21-13-2-3-14-22-30(23-15-7-4-8-16-23,24-17-9-5-10-18-24)25-19-11-6-12-20-25/h4-12,15-20H,2-3,13-14,21-22H2,1H3/p+1. The molecule has 0 saturated carbocycles. The van der Waals surface area contributed by atoms with E-state index >= 15 is 0 Å². The van der Waals surface area contributed by atoms with Crippen LogP contribution < -0.4 is 21.2 Å². The summed E-state index contributed by atoms with van der Waals surface area (Å²) in [4.78, 5) is 11.2. The van der Waals surface area contributed by atoms with Crippen molar-refractivity contribution < 1.29 is 9.53 Å². The maximum Gasteiger partial charge on any atom is 0.406 e. The van der Waals surface area contributed by atoms with Gasteiger partial charge in [-0.15, -0.1) is 0 Å². The summed E-state index contributed by atoms with van der Waals surface area (Å²) in [5, 5.41) is 7.08. The number of carbonyl (C=O) groups is 1. The zero-order valence-electron chi connectivity index (χ0n) is 17.7. The molecule has 0 fully saturated rings. The molecule has 3 aromatic rings. The van der Waals surface area contributed by atoms with E-state index in [4.69, 9.17) is 0 Å². The Kier molecular flexibility index (Phi) is 8.47. The van der Waals surface area contributed by atoms with Gasteiger partial charge in [0.15, 0.2) is 0 Å². The Morgan fingerprint density at radius 3 is 1.57 bits per heavy atom. The molecule has 0 spiro atoms. The fourth-order valence-corrected chi connectivity index (χ4v) is 8.38. The minimum atomic E-state index is -1.72. The summed E-state index contributed by atoms with van der Waals surface area (Å²) in [6.07, 6.45) is 5.18. The number of hydrogen-bond donors (Lipinski definition) is 1. The van der Waals surface area contributed by atoms with Crippen LogP contribution in [0.5, 0.6) is 0 Å². The summed E-state index contributed by atoms with van der Waals surface area (Å²) >= 11 is 0. The van der Waals surface area contributed by atoms with Crippen molar-refractivity contribution in [1.29, 1.82) is 0 Å². The molecule has 0 aliphatic rings. The Morgan fingerprint density at radius 1 is 0.700 bits per heavy atom. The van der Waals surface area contributed by atoms with Crippen molar-refractivity contribution in [3.05, 3.63) is 91.0 Å². The molecule has 0 bridgehead atoms. The largest absolute Gasteiger partial charge is 0.453 e. The van der Waals surface area contributed by atoms with Crippen molar-refractivity contribution in [2.24, 2.45) is 0 Å². The molecule has 0 aromatic heterocycles. The Labute approximate surface area is 180 Å². The molecule has 0 heterocycles. The summed E-state index contributed by atoms with van der Waals surface area (Å²) in [6.45, 7) is 0.670. The van der Waals surface area contributed by atoms with Crippen LogP contribution >= 0.6 is 7.26 Å². The lowest BCUT2D eigenvalue weighted by Gasteiger charge is -2.27. The van der Waals surface area contributed by atoms with Crippen LogP contribution in [0.1, 0.15) is 25.7 Å². The number of hydrogen-bond acceptors (Lipinski definition) is 2. The maximum absolute atomic E-state index is 11.2. The monoisotopic (exact) mass is 420 g/mol. The first-order valence-electron chi connectivity index (χ1n) is 10.6. The fourth-order valence-electron chi connectivity index (χ4n) is 3.97. The number of unbranched alkanes of at least 4 members (excludes halogenated alkanes) is 3. The molecule has 0 saturated heterocycles. The van der Waals surface area contributed by atoms with Crippen molar-refractivity contribution >= 4 is 29.3 Å². The second-order valence-corrected chi connectivity index (χ2v) is 11.0. The predicted molar refractivity (Wildman–Crippen MR) is 129 cm³/mol. The topological polar surface area (TPSA) is 38.3 Å². The van der Waals surface area contributed by atoms with E-state index in [1.54, 1.807) is 0 Å². The predicted octanol–water partition coefficient (Wildman–Crippen LogP) is 4.90. The smallest absolute Gasteiger partial charge is 0.406 e. The summed E-state index contributed by atoms with van der Waals surface area (Å²) in [5.41, 5.74) is 0. The SMILES string of the molecule is COC(=O)NCCCCCC[P+](c1ccccc1)(c1ccccc1)c1ccccc1. The van der Waals surface area contributed by atoms with Crippen molar-refractivity contribution in [1.82, 2.24) is 5.32 Å². The molecule has 3 aromatic carbocycles. The summed E-state index contributed by atoms with van der Waals surface area (Å²) in [7, 11) is -0.321. The molecule has 1 N–H and O–H groups in total. The number of ether oxygens (including phenoxy) is 1. The van der Waals surface area contributed by atoms with E-state index in [1.807, 2.05) is 0 Å². The molecule has 30 heavy (non-hydrogen) atoms. The lowest BCUT2D eigenvalue weighted by molar-refractivity contribution is 0.171. The van der Waals surface area contributed by atoms with Crippen molar-refractivity contribution in [2.45, 2.75) is 25.7 Å². The quantitative estimate of drug-likeness (QED) is 0.374. The Balaban J connectivity index is 1.80. The molecule has 0 radical (unpaired) electrons. The Bertz CT molecular complexity index is 788. The minimum Gasteiger partial charge on any atom is -0.453 e. The second-order valence-electron chi connectivity index (χ2n) is 7.37. The van der Waals surface area contributed by atoms with Gasteiger partial charge in [0, 0.05) is 6.54 Å². The first kappa shape index (κ1) is 22.1. The average molecular weight is 421 g/mol. The van der Waals surface area contributed by atoms with Crippen molar-refractivity contribution in [2.75, 3.05) is 19.8 Å². The van der Waals surface area contributed by atoms with Crippen LogP contribution in [-0.4, -0.2) is 25.9 Å². The maximum atomic E-state index is 11.2. The van der Waals surface area contributed by atoms with Gasteiger partial charge in [-0.25, -0.2) is 4.79 Å². The van der Waals surface area contributed by atoms with Gasteiger partial charge in [0.1, 0.15) is 23.2 Å². The van der Waals surface area contributed by atoms with Gasteiger partial charge >= 0.3 is 6.09 Å². The van der Waals surface area contributed by atoms with E-state index in [0.717, 1.165) is 31.8 Å². The van der Waals surface area contributed by atoms with Crippen LogP contribution in [0.4, 0.5) is 4.79 Å². The lowest BCUT2D eigenvalue weighted by Crippen LogP contribution is -2.33. The third kappa shape index (κ3) is 5.49.